The van der Waals surface area contributed by atoms with Crippen molar-refractivity contribution in [1.29, 1.82) is 0 Å². The minimum Gasteiger partial charge on any atom is -0.488 e. The fourth-order valence-electron chi connectivity index (χ4n) is 2.26. The molecule has 0 amide bonds. The number of ether oxygens (including phenoxy) is 2. The molecule has 0 saturated carbocycles. The van der Waals surface area contributed by atoms with Crippen LogP contribution in [-0.2, 0) is 11.2 Å². The Bertz CT molecular complexity index is 322. The average Bonchev–Trinajstić information content (AvgIpc) is 2.74. The highest BCUT2D eigenvalue weighted by molar-refractivity contribution is 5.37. The smallest absolute Gasteiger partial charge is 0.123 e. The van der Waals surface area contributed by atoms with Crippen molar-refractivity contribution in [2.24, 2.45) is 0 Å². The van der Waals surface area contributed by atoms with Gasteiger partial charge in [0.05, 0.1) is 19.3 Å². The van der Waals surface area contributed by atoms with Crippen LogP contribution in [0.5, 0.6) is 5.75 Å². The van der Waals surface area contributed by atoms with Crippen molar-refractivity contribution >= 4 is 0 Å². The summed E-state index contributed by atoms with van der Waals surface area (Å²) < 4.78 is 11.4. The molecule has 80 valence electrons. The average molecular weight is 205 g/mol. The number of nitrogens with one attached hydrogen (secondary N) is 1. The van der Waals surface area contributed by atoms with Gasteiger partial charge in [0.1, 0.15) is 11.9 Å². The monoisotopic (exact) mass is 205 g/mol. The zero-order valence-corrected chi connectivity index (χ0v) is 8.61. The third kappa shape index (κ3) is 1.73. The summed E-state index contributed by atoms with van der Waals surface area (Å²) in [5.41, 5.74) is 1.31. The first-order chi connectivity index (χ1) is 7.43. The van der Waals surface area contributed by atoms with Gasteiger partial charge < -0.3 is 14.8 Å². The van der Waals surface area contributed by atoms with E-state index in [0.29, 0.717) is 6.04 Å². The van der Waals surface area contributed by atoms with Gasteiger partial charge in [0.15, 0.2) is 0 Å². The first kappa shape index (κ1) is 9.19. The normalized spacial score (nSPS) is 29.6. The fraction of sp³-hybridized carbons (Fsp3) is 0.500. The minimum absolute atomic E-state index is 0.239. The van der Waals surface area contributed by atoms with Crippen LogP contribution >= 0.6 is 0 Å². The molecular weight excluding hydrogens is 190 g/mol. The van der Waals surface area contributed by atoms with Gasteiger partial charge >= 0.3 is 0 Å². The molecule has 1 aromatic rings. The molecule has 0 aliphatic carbocycles. The van der Waals surface area contributed by atoms with Crippen molar-refractivity contribution in [2.75, 3.05) is 19.8 Å². The summed E-state index contributed by atoms with van der Waals surface area (Å²) in [5, 5.41) is 3.45. The maximum Gasteiger partial charge on any atom is 0.123 e. The maximum absolute atomic E-state index is 5.90. The van der Waals surface area contributed by atoms with Gasteiger partial charge in [-0.2, -0.15) is 0 Å². The van der Waals surface area contributed by atoms with Gasteiger partial charge in [-0.1, -0.05) is 18.2 Å². The van der Waals surface area contributed by atoms with E-state index >= 15 is 0 Å². The maximum atomic E-state index is 5.90. The van der Waals surface area contributed by atoms with Crippen molar-refractivity contribution < 1.29 is 9.47 Å². The number of para-hydroxylation sites is 1. The minimum atomic E-state index is 0.239. The lowest BCUT2D eigenvalue weighted by Gasteiger charge is -2.28. The van der Waals surface area contributed by atoms with Crippen LogP contribution in [0.4, 0.5) is 0 Å². The molecule has 3 nitrogen and oxygen atoms in total. The van der Waals surface area contributed by atoms with E-state index in [-0.39, 0.29) is 6.10 Å². The number of hydrogen-bond donors (Lipinski definition) is 1. The molecule has 1 fully saturated rings. The van der Waals surface area contributed by atoms with E-state index < -0.39 is 0 Å². The molecule has 1 saturated heterocycles. The Morgan fingerprint density at radius 2 is 2.20 bits per heavy atom. The van der Waals surface area contributed by atoms with E-state index in [1.807, 2.05) is 12.1 Å². The second-order valence-corrected chi connectivity index (χ2v) is 4.10. The highest BCUT2D eigenvalue weighted by Crippen LogP contribution is 2.29. The van der Waals surface area contributed by atoms with Gasteiger partial charge in [0, 0.05) is 13.0 Å². The predicted molar refractivity (Wildman–Crippen MR) is 57.2 cm³/mol. The predicted octanol–water partition coefficient (Wildman–Crippen LogP) is 0.978. The van der Waals surface area contributed by atoms with E-state index in [0.717, 1.165) is 31.9 Å². The quantitative estimate of drug-likeness (QED) is 0.741. The van der Waals surface area contributed by atoms with Crippen molar-refractivity contribution in [1.82, 2.24) is 5.32 Å². The van der Waals surface area contributed by atoms with E-state index in [9.17, 15) is 0 Å². The van der Waals surface area contributed by atoms with Crippen molar-refractivity contribution in [2.45, 2.75) is 18.6 Å². The van der Waals surface area contributed by atoms with Gasteiger partial charge in [-0.3, -0.25) is 0 Å². The van der Waals surface area contributed by atoms with E-state index in [2.05, 4.69) is 17.4 Å². The summed E-state index contributed by atoms with van der Waals surface area (Å²) in [6, 6.07) is 8.60. The number of benzene rings is 1. The Hall–Kier alpha value is -1.06. The number of fused-ring (bicyclic) bond motifs is 1. The zero-order valence-electron chi connectivity index (χ0n) is 8.61. The molecule has 1 N–H and O–H groups in total. The lowest BCUT2D eigenvalue weighted by molar-refractivity contribution is 0.0348. The van der Waals surface area contributed by atoms with Crippen LogP contribution in [0, 0.1) is 0 Å². The van der Waals surface area contributed by atoms with Gasteiger partial charge in [0.2, 0.25) is 0 Å². The number of rotatable bonds is 1. The Kier molecular flexibility index (Phi) is 2.35. The second kappa shape index (κ2) is 3.83. The van der Waals surface area contributed by atoms with Crippen LogP contribution in [0.1, 0.15) is 5.56 Å². The molecule has 0 radical (unpaired) electrons. The molecule has 0 aromatic heterocycles. The summed E-state index contributed by atoms with van der Waals surface area (Å²) in [5.74, 6) is 1.04. The van der Waals surface area contributed by atoms with Gasteiger partial charge in [-0.15, -0.1) is 0 Å². The standard InChI is InChI=1S/C12H15NO2/c1-2-4-11-9(3-1)7-12(15-11)10-8-14-6-5-13-10/h1-4,10,12-13H,5-8H2. The molecule has 2 heterocycles. The molecule has 1 aromatic carbocycles. The lowest BCUT2D eigenvalue weighted by Crippen LogP contribution is -2.50. The van der Waals surface area contributed by atoms with E-state index in [1.165, 1.54) is 5.56 Å². The van der Waals surface area contributed by atoms with Crippen LogP contribution in [-0.4, -0.2) is 31.9 Å². The first-order valence-corrected chi connectivity index (χ1v) is 5.49. The largest absolute Gasteiger partial charge is 0.488 e. The van der Waals surface area contributed by atoms with E-state index in [1.54, 1.807) is 0 Å². The van der Waals surface area contributed by atoms with Gasteiger partial charge in [0.25, 0.3) is 0 Å². The number of morpholine rings is 1. The highest BCUT2D eigenvalue weighted by Gasteiger charge is 2.31. The second-order valence-electron chi connectivity index (χ2n) is 4.10. The SMILES string of the molecule is c1ccc2c(c1)CC(C1COCCN1)O2. The molecule has 2 unspecified atom stereocenters. The fourth-order valence-corrected chi connectivity index (χ4v) is 2.26. The topological polar surface area (TPSA) is 30.5 Å². The molecular formula is C12H15NO2. The van der Waals surface area contributed by atoms with Crippen LogP contribution in [0.25, 0.3) is 0 Å². The van der Waals surface area contributed by atoms with Crippen LogP contribution < -0.4 is 10.1 Å². The van der Waals surface area contributed by atoms with Crippen LogP contribution in [0.15, 0.2) is 24.3 Å². The van der Waals surface area contributed by atoms with Crippen LogP contribution in [0.2, 0.25) is 0 Å². The molecule has 2 aliphatic heterocycles. The Balaban J connectivity index is 1.72. The van der Waals surface area contributed by atoms with E-state index in [4.69, 9.17) is 9.47 Å². The third-order valence-electron chi connectivity index (χ3n) is 3.07. The summed E-state index contributed by atoms with van der Waals surface area (Å²) in [6.45, 7) is 2.51. The van der Waals surface area contributed by atoms with Crippen LogP contribution in [0.3, 0.4) is 0 Å². The molecule has 0 spiro atoms. The Labute approximate surface area is 89.4 Å². The molecule has 3 rings (SSSR count). The summed E-state index contributed by atoms with van der Waals surface area (Å²) in [7, 11) is 0. The molecule has 2 atom stereocenters. The Morgan fingerprint density at radius 3 is 3.00 bits per heavy atom. The van der Waals surface area contributed by atoms with Gasteiger partial charge in [-0.25, -0.2) is 0 Å². The van der Waals surface area contributed by atoms with Crippen molar-refractivity contribution in [3.63, 3.8) is 0 Å². The molecule has 0 bridgehead atoms. The summed E-state index contributed by atoms with van der Waals surface area (Å²) in [4.78, 5) is 0. The third-order valence-corrected chi connectivity index (χ3v) is 3.07. The zero-order chi connectivity index (χ0) is 10.1. The Morgan fingerprint density at radius 1 is 1.27 bits per heavy atom. The lowest BCUT2D eigenvalue weighted by atomic mass is 10.0. The summed E-state index contributed by atoms with van der Waals surface area (Å²) in [6.07, 6.45) is 1.24. The van der Waals surface area contributed by atoms with Crippen molar-refractivity contribution in [3.05, 3.63) is 29.8 Å². The van der Waals surface area contributed by atoms with Crippen molar-refractivity contribution in [3.8, 4) is 5.75 Å². The number of hydrogen-bond acceptors (Lipinski definition) is 3. The first-order valence-electron chi connectivity index (χ1n) is 5.49. The molecule has 2 aliphatic rings. The summed E-state index contributed by atoms with van der Waals surface area (Å²) >= 11 is 0. The van der Waals surface area contributed by atoms with Gasteiger partial charge in [-0.05, 0) is 11.6 Å². The molecule has 15 heavy (non-hydrogen) atoms. The highest BCUT2D eigenvalue weighted by atomic mass is 16.5. The molecule has 3 heteroatoms.